The smallest absolute Gasteiger partial charge is 0.258 e. The van der Waals surface area contributed by atoms with E-state index in [0.717, 1.165) is 30.3 Å². The number of methoxy groups -OCH3 is 1. The highest BCUT2D eigenvalue weighted by atomic mass is 16.5. The zero-order valence-electron chi connectivity index (χ0n) is 16.8. The van der Waals surface area contributed by atoms with Crippen molar-refractivity contribution in [3.63, 3.8) is 0 Å². The van der Waals surface area contributed by atoms with E-state index in [1.807, 2.05) is 48.5 Å². The molecule has 0 aliphatic carbocycles. The molecular weight excluding hydrogens is 352 g/mol. The van der Waals surface area contributed by atoms with Gasteiger partial charge in [-0.1, -0.05) is 43.3 Å². The van der Waals surface area contributed by atoms with Gasteiger partial charge >= 0.3 is 0 Å². The van der Waals surface area contributed by atoms with Crippen LogP contribution >= 0.6 is 0 Å². The number of benzene rings is 2. The lowest BCUT2D eigenvalue weighted by atomic mass is 9.95. The van der Waals surface area contributed by atoms with Gasteiger partial charge in [0.2, 0.25) is 0 Å². The third kappa shape index (κ3) is 5.49. The van der Waals surface area contributed by atoms with Crippen LogP contribution in [0, 0.1) is 5.92 Å². The molecule has 1 unspecified atom stereocenters. The summed E-state index contributed by atoms with van der Waals surface area (Å²) in [6, 6.07) is 17.6. The molecule has 3 rings (SSSR count). The number of para-hydroxylation sites is 2. The van der Waals surface area contributed by atoms with Gasteiger partial charge in [-0.2, -0.15) is 0 Å². The molecule has 1 aliphatic rings. The molecule has 0 radical (unpaired) electrons. The summed E-state index contributed by atoms with van der Waals surface area (Å²) in [7, 11) is 1.69. The molecule has 2 aromatic rings. The Hall–Kier alpha value is -2.53. The monoisotopic (exact) mass is 382 g/mol. The fourth-order valence-corrected chi connectivity index (χ4v) is 3.64. The van der Waals surface area contributed by atoms with Crippen LogP contribution in [0.2, 0.25) is 0 Å². The predicted molar refractivity (Wildman–Crippen MR) is 111 cm³/mol. The van der Waals surface area contributed by atoms with Crippen LogP contribution in [0.25, 0.3) is 0 Å². The third-order valence-corrected chi connectivity index (χ3v) is 5.36. The molecule has 0 spiro atoms. The molecule has 1 saturated heterocycles. The van der Waals surface area contributed by atoms with Gasteiger partial charge in [0.05, 0.1) is 13.2 Å². The summed E-state index contributed by atoms with van der Waals surface area (Å²) < 4.78 is 11.1. The lowest BCUT2D eigenvalue weighted by molar-refractivity contribution is -0.123. The fraction of sp³-hybridized carbons (Fsp3) is 0.435. The van der Waals surface area contributed by atoms with Crippen LogP contribution in [-0.4, -0.2) is 44.2 Å². The number of hydrogen-bond donors (Lipinski definition) is 1. The van der Waals surface area contributed by atoms with E-state index in [1.165, 1.54) is 12.8 Å². The van der Waals surface area contributed by atoms with Gasteiger partial charge in [-0.3, -0.25) is 9.69 Å². The number of piperidine rings is 1. The molecule has 1 fully saturated rings. The van der Waals surface area contributed by atoms with E-state index in [2.05, 4.69) is 23.2 Å². The maximum atomic E-state index is 12.4. The molecule has 5 heteroatoms. The van der Waals surface area contributed by atoms with Crippen molar-refractivity contribution in [2.24, 2.45) is 5.92 Å². The number of carbonyl (C=O) groups is 1. The Balaban J connectivity index is 1.64. The Labute approximate surface area is 167 Å². The predicted octanol–water partition coefficient (Wildman–Crippen LogP) is 3.66. The van der Waals surface area contributed by atoms with Crippen LogP contribution < -0.4 is 14.8 Å². The molecule has 0 bridgehead atoms. The van der Waals surface area contributed by atoms with E-state index >= 15 is 0 Å². The van der Waals surface area contributed by atoms with Crippen LogP contribution in [0.3, 0.4) is 0 Å². The van der Waals surface area contributed by atoms with Crippen molar-refractivity contribution in [3.05, 3.63) is 60.2 Å². The second kappa shape index (κ2) is 10.1. The summed E-state index contributed by atoms with van der Waals surface area (Å²) >= 11 is 0. The van der Waals surface area contributed by atoms with Gasteiger partial charge in [0.15, 0.2) is 6.61 Å². The molecule has 1 heterocycles. The van der Waals surface area contributed by atoms with E-state index in [1.54, 1.807) is 7.11 Å². The topological polar surface area (TPSA) is 50.8 Å². The lowest BCUT2D eigenvalue weighted by Crippen LogP contribution is -2.43. The Morgan fingerprint density at radius 3 is 2.50 bits per heavy atom. The van der Waals surface area contributed by atoms with E-state index in [9.17, 15) is 4.79 Å². The second-order valence-electron chi connectivity index (χ2n) is 7.38. The van der Waals surface area contributed by atoms with Crippen LogP contribution in [0.4, 0.5) is 0 Å². The minimum Gasteiger partial charge on any atom is -0.496 e. The Kier molecular flexibility index (Phi) is 7.31. The minimum absolute atomic E-state index is 0.0136. The standard InChI is InChI=1S/C23H30N2O3/c1-18-12-14-25(15-13-18)21(20-10-6-7-11-22(20)27-2)16-24-23(26)17-28-19-8-4-3-5-9-19/h3-11,18,21H,12-17H2,1-2H3,(H,24,26). The molecule has 150 valence electrons. The van der Waals surface area contributed by atoms with Crippen molar-refractivity contribution in [1.29, 1.82) is 0 Å². The molecule has 0 aromatic heterocycles. The van der Waals surface area contributed by atoms with Crippen molar-refractivity contribution < 1.29 is 14.3 Å². The third-order valence-electron chi connectivity index (χ3n) is 5.36. The van der Waals surface area contributed by atoms with Crippen molar-refractivity contribution in [2.45, 2.75) is 25.8 Å². The SMILES string of the molecule is COc1ccccc1C(CNC(=O)COc1ccccc1)N1CCC(C)CC1. The van der Waals surface area contributed by atoms with Gasteiger partial charge in [0.25, 0.3) is 5.91 Å². The van der Waals surface area contributed by atoms with Crippen molar-refractivity contribution in [1.82, 2.24) is 10.2 Å². The number of nitrogens with one attached hydrogen (secondary N) is 1. The van der Waals surface area contributed by atoms with Crippen molar-refractivity contribution in [2.75, 3.05) is 33.4 Å². The number of rotatable bonds is 8. The van der Waals surface area contributed by atoms with E-state index in [0.29, 0.717) is 12.3 Å². The Bertz CT molecular complexity index is 743. The number of amides is 1. The van der Waals surface area contributed by atoms with Gasteiger partial charge in [-0.25, -0.2) is 0 Å². The lowest BCUT2D eigenvalue weighted by Gasteiger charge is -2.37. The first-order valence-electron chi connectivity index (χ1n) is 9.99. The molecule has 5 nitrogen and oxygen atoms in total. The van der Waals surface area contributed by atoms with Crippen molar-refractivity contribution in [3.8, 4) is 11.5 Å². The van der Waals surface area contributed by atoms with Gasteiger partial charge in [0, 0.05) is 12.1 Å². The molecule has 1 N–H and O–H groups in total. The molecular formula is C23H30N2O3. The largest absolute Gasteiger partial charge is 0.496 e. The summed E-state index contributed by atoms with van der Waals surface area (Å²) in [5.74, 6) is 2.20. The summed E-state index contributed by atoms with van der Waals surface area (Å²) in [6.07, 6.45) is 2.35. The molecule has 1 aliphatic heterocycles. The van der Waals surface area contributed by atoms with Gasteiger partial charge < -0.3 is 14.8 Å². The van der Waals surface area contributed by atoms with E-state index in [-0.39, 0.29) is 18.6 Å². The van der Waals surface area contributed by atoms with E-state index < -0.39 is 0 Å². The Morgan fingerprint density at radius 2 is 1.79 bits per heavy atom. The van der Waals surface area contributed by atoms with Crippen LogP contribution in [0.1, 0.15) is 31.4 Å². The first-order chi connectivity index (χ1) is 13.7. The fourth-order valence-electron chi connectivity index (χ4n) is 3.64. The number of likely N-dealkylation sites (tertiary alicyclic amines) is 1. The molecule has 28 heavy (non-hydrogen) atoms. The average Bonchev–Trinajstić information content (AvgIpc) is 2.74. The first kappa shape index (κ1) is 20.2. The molecule has 1 amide bonds. The highest BCUT2D eigenvalue weighted by Crippen LogP contribution is 2.31. The average molecular weight is 383 g/mol. The quantitative estimate of drug-likeness (QED) is 0.757. The summed E-state index contributed by atoms with van der Waals surface area (Å²) in [6.45, 7) is 4.91. The molecule has 0 saturated carbocycles. The summed E-state index contributed by atoms with van der Waals surface area (Å²) in [4.78, 5) is 14.8. The van der Waals surface area contributed by atoms with Crippen LogP contribution in [-0.2, 0) is 4.79 Å². The minimum atomic E-state index is -0.117. The molecule has 2 aromatic carbocycles. The van der Waals surface area contributed by atoms with Gasteiger partial charge in [-0.05, 0) is 50.0 Å². The Morgan fingerprint density at radius 1 is 1.11 bits per heavy atom. The van der Waals surface area contributed by atoms with E-state index in [4.69, 9.17) is 9.47 Å². The first-order valence-corrected chi connectivity index (χ1v) is 9.99. The number of nitrogens with zero attached hydrogens (tertiary/aromatic N) is 1. The highest BCUT2D eigenvalue weighted by molar-refractivity contribution is 5.77. The van der Waals surface area contributed by atoms with Crippen LogP contribution in [0.15, 0.2) is 54.6 Å². The van der Waals surface area contributed by atoms with Crippen LogP contribution in [0.5, 0.6) is 11.5 Å². The summed E-state index contributed by atoms with van der Waals surface area (Å²) in [5.41, 5.74) is 1.11. The van der Waals surface area contributed by atoms with Crippen molar-refractivity contribution >= 4 is 5.91 Å². The highest BCUT2D eigenvalue weighted by Gasteiger charge is 2.27. The maximum absolute atomic E-state index is 12.4. The summed E-state index contributed by atoms with van der Waals surface area (Å²) in [5, 5.41) is 3.05. The number of carbonyl (C=O) groups excluding carboxylic acids is 1. The number of hydrogen-bond acceptors (Lipinski definition) is 4. The molecule has 1 atom stereocenters. The maximum Gasteiger partial charge on any atom is 0.258 e. The second-order valence-corrected chi connectivity index (χ2v) is 7.38. The van der Waals surface area contributed by atoms with Gasteiger partial charge in [-0.15, -0.1) is 0 Å². The normalized spacial score (nSPS) is 16.4. The number of ether oxygens (including phenoxy) is 2. The van der Waals surface area contributed by atoms with Gasteiger partial charge in [0.1, 0.15) is 11.5 Å². The zero-order chi connectivity index (χ0) is 19.8. The zero-order valence-corrected chi connectivity index (χ0v) is 16.8.